The van der Waals surface area contributed by atoms with Gasteiger partial charge in [-0.1, -0.05) is 18.2 Å². The Bertz CT molecular complexity index is 1080. The van der Waals surface area contributed by atoms with Crippen LogP contribution in [0.4, 0.5) is 0 Å². The van der Waals surface area contributed by atoms with E-state index in [4.69, 9.17) is 5.11 Å². The lowest BCUT2D eigenvalue weighted by molar-refractivity contribution is 0.0683. The van der Waals surface area contributed by atoms with Crippen molar-refractivity contribution in [1.29, 1.82) is 0 Å². The van der Waals surface area contributed by atoms with Crippen molar-refractivity contribution < 1.29 is 14.7 Å². The van der Waals surface area contributed by atoms with Crippen LogP contribution in [0.1, 0.15) is 39.9 Å². The third-order valence-corrected chi connectivity index (χ3v) is 4.93. The molecule has 1 amide bonds. The summed E-state index contributed by atoms with van der Waals surface area (Å²) < 4.78 is 1.76. The van der Waals surface area contributed by atoms with E-state index in [1.54, 1.807) is 9.47 Å². The Morgan fingerprint density at radius 3 is 2.48 bits per heavy atom. The summed E-state index contributed by atoms with van der Waals surface area (Å²) >= 11 is 0. The summed E-state index contributed by atoms with van der Waals surface area (Å²) in [6.45, 7) is 0.961. The summed E-state index contributed by atoms with van der Waals surface area (Å²) in [5, 5.41) is 9.03. The Morgan fingerprint density at radius 2 is 1.74 bits per heavy atom. The first-order chi connectivity index (χ1) is 13.0. The highest BCUT2D eigenvalue weighted by Gasteiger charge is 2.27. The Balaban J connectivity index is 1.51. The summed E-state index contributed by atoms with van der Waals surface area (Å²) in [5.41, 5.74) is 1.49. The van der Waals surface area contributed by atoms with Gasteiger partial charge in [0.15, 0.2) is 0 Å². The number of para-hydroxylation sites is 2. The average Bonchev–Trinajstić information content (AvgIpc) is 3.03. The number of carbonyl (C=O) groups is 2. The van der Waals surface area contributed by atoms with E-state index in [1.165, 1.54) is 18.2 Å². The van der Waals surface area contributed by atoms with E-state index in [1.807, 2.05) is 24.3 Å². The zero-order valence-electron chi connectivity index (χ0n) is 14.5. The number of pyridine rings is 1. The average molecular weight is 366 g/mol. The maximum Gasteiger partial charge on any atom is 0.354 e. The van der Waals surface area contributed by atoms with E-state index in [9.17, 15) is 14.4 Å². The number of likely N-dealkylation sites (tertiary alicyclic amines) is 1. The maximum atomic E-state index is 12.6. The highest BCUT2D eigenvalue weighted by molar-refractivity contribution is 5.94. The van der Waals surface area contributed by atoms with Crippen molar-refractivity contribution in [2.75, 3.05) is 13.1 Å². The molecule has 2 N–H and O–H groups in total. The molecule has 3 heterocycles. The minimum absolute atomic E-state index is 0.0102. The smallest absolute Gasteiger partial charge is 0.354 e. The van der Waals surface area contributed by atoms with Crippen molar-refractivity contribution in [3.63, 3.8) is 0 Å². The van der Waals surface area contributed by atoms with Gasteiger partial charge in [-0.05, 0) is 37.1 Å². The lowest BCUT2D eigenvalue weighted by Crippen LogP contribution is -2.40. The first-order valence-corrected chi connectivity index (χ1v) is 8.73. The summed E-state index contributed by atoms with van der Waals surface area (Å²) in [4.78, 5) is 44.5. The van der Waals surface area contributed by atoms with Gasteiger partial charge in [-0.2, -0.15) is 0 Å². The minimum atomic E-state index is -1.16. The van der Waals surface area contributed by atoms with Crippen LogP contribution in [-0.2, 0) is 0 Å². The van der Waals surface area contributed by atoms with Gasteiger partial charge in [-0.3, -0.25) is 9.36 Å². The second-order valence-electron chi connectivity index (χ2n) is 6.55. The number of imidazole rings is 1. The molecular formula is C19H18N4O4. The Hall–Kier alpha value is -3.42. The van der Waals surface area contributed by atoms with Crippen molar-refractivity contribution in [2.45, 2.75) is 18.9 Å². The zero-order valence-corrected chi connectivity index (χ0v) is 14.5. The maximum absolute atomic E-state index is 12.6. The van der Waals surface area contributed by atoms with E-state index in [2.05, 4.69) is 9.97 Å². The number of aromatic carboxylic acids is 1. The lowest BCUT2D eigenvalue weighted by atomic mass is 10.0. The number of nitrogens with zero attached hydrogens (tertiary/aromatic N) is 3. The lowest BCUT2D eigenvalue weighted by Gasteiger charge is -2.32. The number of aromatic nitrogens is 3. The van der Waals surface area contributed by atoms with Crippen LogP contribution in [0.15, 0.2) is 47.3 Å². The fourth-order valence-corrected chi connectivity index (χ4v) is 3.60. The third-order valence-electron chi connectivity index (χ3n) is 4.93. The largest absolute Gasteiger partial charge is 0.477 e. The number of fused-ring (bicyclic) bond motifs is 1. The van der Waals surface area contributed by atoms with Crippen molar-refractivity contribution >= 4 is 22.9 Å². The molecule has 2 aromatic heterocycles. The molecule has 8 heteroatoms. The molecular weight excluding hydrogens is 348 g/mol. The summed E-state index contributed by atoms with van der Waals surface area (Å²) in [6, 6.07) is 11.9. The number of benzene rings is 1. The van der Waals surface area contributed by atoms with Crippen molar-refractivity contribution in [2.24, 2.45) is 0 Å². The molecule has 0 unspecified atom stereocenters. The van der Waals surface area contributed by atoms with Gasteiger partial charge in [-0.25, -0.2) is 14.6 Å². The van der Waals surface area contributed by atoms with Gasteiger partial charge in [0.25, 0.3) is 5.91 Å². The van der Waals surface area contributed by atoms with Gasteiger partial charge in [-0.15, -0.1) is 0 Å². The first-order valence-electron chi connectivity index (χ1n) is 8.73. The number of nitrogens with one attached hydrogen (secondary N) is 1. The van der Waals surface area contributed by atoms with Crippen LogP contribution in [-0.4, -0.2) is 49.5 Å². The molecule has 0 aliphatic carbocycles. The standard InChI is InChI=1S/C19H18N4O4/c24-17(14-5-3-6-15(20-14)18(25)26)22-10-8-12(9-11-22)23-16-7-2-1-4-13(16)21-19(23)27/h1-7,12H,8-11H2,(H,21,27)(H,25,26). The first kappa shape index (κ1) is 17.0. The summed E-state index contributed by atoms with van der Waals surface area (Å²) in [5.74, 6) is -1.45. The predicted octanol–water partition coefficient (Wildman–Crippen LogP) is 1.90. The molecule has 138 valence electrons. The molecule has 1 aliphatic heterocycles. The van der Waals surface area contributed by atoms with E-state index < -0.39 is 5.97 Å². The molecule has 0 radical (unpaired) electrons. The Kier molecular flexibility index (Phi) is 4.23. The van der Waals surface area contributed by atoms with Crippen LogP contribution in [0, 0.1) is 0 Å². The molecule has 27 heavy (non-hydrogen) atoms. The van der Waals surface area contributed by atoms with Crippen LogP contribution in [0.25, 0.3) is 11.0 Å². The molecule has 1 saturated heterocycles. The molecule has 3 aromatic rings. The Labute approximate surface area is 154 Å². The molecule has 0 spiro atoms. The van der Waals surface area contributed by atoms with Gasteiger partial charge in [0.2, 0.25) is 0 Å². The SMILES string of the molecule is O=C(O)c1cccc(C(=O)N2CCC(n3c(=O)[nH]c4ccccc43)CC2)n1. The highest BCUT2D eigenvalue weighted by atomic mass is 16.4. The normalized spacial score (nSPS) is 15.2. The predicted molar refractivity (Wildman–Crippen MR) is 97.9 cm³/mol. The summed E-state index contributed by atoms with van der Waals surface area (Å²) in [6.07, 6.45) is 1.29. The van der Waals surface area contributed by atoms with E-state index in [-0.39, 0.29) is 29.0 Å². The quantitative estimate of drug-likeness (QED) is 0.736. The van der Waals surface area contributed by atoms with E-state index in [0.29, 0.717) is 25.9 Å². The zero-order chi connectivity index (χ0) is 19.0. The number of amides is 1. The third kappa shape index (κ3) is 3.10. The number of rotatable bonds is 3. The molecule has 1 fully saturated rings. The highest BCUT2D eigenvalue weighted by Crippen LogP contribution is 2.25. The van der Waals surface area contributed by atoms with Gasteiger partial charge >= 0.3 is 11.7 Å². The monoisotopic (exact) mass is 366 g/mol. The van der Waals surface area contributed by atoms with Crippen LogP contribution in [0.3, 0.4) is 0 Å². The fourth-order valence-electron chi connectivity index (χ4n) is 3.60. The molecule has 8 nitrogen and oxygen atoms in total. The molecule has 0 bridgehead atoms. The van der Waals surface area contributed by atoms with Gasteiger partial charge in [0, 0.05) is 19.1 Å². The number of carboxylic acid groups (broad SMARTS) is 1. The number of piperidine rings is 1. The number of aromatic amines is 1. The van der Waals surface area contributed by atoms with Crippen molar-refractivity contribution in [1.82, 2.24) is 19.4 Å². The Morgan fingerprint density at radius 1 is 1.04 bits per heavy atom. The van der Waals surface area contributed by atoms with Crippen LogP contribution in [0.5, 0.6) is 0 Å². The number of hydrogen-bond acceptors (Lipinski definition) is 4. The van der Waals surface area contributed by atoms with Crippen molar-refractivity contribution in [3.05, 3.63) is 64.3 Å². The topological polar surface area (TPSA) is 108 Å². The second-order valence-corrected chi connectivity index (χ2v) is 6.55. The van der Waals surface area contributed by atoms with E-state index in [0.717, 1.165) is 11.0 Å². The molecule has 0 saturated carbocycles. The number of carboxylic acids is 1. The number of H-pyrrole nitrogens is 1. The minimum Gasteiger partial charge on any atom is -0.477 e. The molecule has 0 atom stereocenters. The van der Waals surface area contributed by atoms with Crippen LogP contribution in [0.2, 0.25) is 0 Å². The number of hydrogen-bond donors (Lipinski definition) is 2. The number of carbonyl (C=O) groups excluding carboxylic acids is 1. The second kappa shape index (κ2) is 6.71. The van der Waals surface area contributed by atoms with Crippen LogP contribution >= 0.6 is 0 Å². The van der Waals surface area contributed by atoms with Gasteiger partial charge in [0.1, 0.15) is 11.4 Å². The molecule has 1 aromatic carbocycles. The molecule has 4 rings (SSSR count). The summed E-state index contributed by atoms with van der Waals surface area (Å²) in [7, 11) is 0. The van der Waals surface area contributed by atoms with E-state index >= 15 is 0 Å². The van der Waals surface area contributed by atoms with Gasteiger partial charge < -0.3 is 15.0 Å². The fraction of sp³-hybridized carbons (Fsp3) is 0.263. The molecule has 1 aliphatic rings. The van der Waals surface area contributed by atoms with Gasteiger partial charge in [0.05, 0.1) is 11.0 Å². The van der Waals surface area contributed by atoms with Crippen molar-refractivity contribution in [3.8, 4) is 0 Å². The van der Waals surface area contributed by atoms with Crippen LogP contribution < -0.4 is 5.69 Å².